The van der Waals surface area contributed by atoms with Crippen molar-refractivity contribution in [2.24, 2.45) is 0 Å². The van der Waals surface area contributed by atoms with E-state index in [2.05, 4.69) is 20.9 Å². The highest BCUT2D eigenvalue weighted by Gasteiger charge is 2.27. The molecule has 0 spiro atoms. The highest BCUT2D eigenvalue weighted by atomic mass is 79.9. The summed E-state index contributed by atoms with van der Waals surface area (Å²) in [7, 11) is 0. The molecule has 1 fully saturated rings. The fourth-order valence-electron chi connectivity index (χ4n) is 2.88. The number of halogens is 1. The molecule has 1 aliphatic rings. The minimum absolute atomic E-state index is 0.230. The van der Waals surface area contributed by atoms with Crippen LogP contribution in [0.15, 0.2) is 59.1 Å². The van der Waals surface area contributed by atoms with E-state index >= 15 is 0 Å². The van der Waals surface area contributed by atoms with Crippen LogP contribution in [0.25, 0.3) is 10.9 Å². The Labute approximate surface area is 159 Å². The van der Waals surface area contributed by atoms with Crippen molar-refractivity contribution in [2.75, 3.05) is 6.61 Å². The Hall–Kier alpha value is -2.53. The number of carbonyl (C=O) groups is 2. The molecule has 0 radical (unpaired) electrons. The summed E-state index contributed by atoms with van der Waals surface area (Å²) in [6.07, 6.45) is 2.20. The summed E-state index contributed by atoms with van der Waals surface area (Å²) in [4.78, 5) is 29.5. The molecule has 130 valence electrons. The number of benzene rings is 2. The molecule has 3 aromatic rings. The van der Waals surface area contributed by atoms with Gasteiger partial charge in [0.25, 0.3) is 0 Å². The normalized spacial score (nSPS) is 13.6. The van der Waals surface area contributed by atoms with Crippen molar-refractivity contribution in [2.45, 2.75) is 18.8 Å². The van der Waals surface area contributed by atoms with E-state index in [4.69, 9.17) is 4.74 Å². The zero-order chi connectivity index (χ0) is 18.1. The molecule has 0 aliphatic heterocycles. The van der Waals surface area contributed by atoms with Gasteiger partial charge in [0.1, 0.15) is 0 Å². The molecule has 0 amide bonds. The lowest BCUT2D eigenvalue weighted by atomic mass is 10.1. The van der Waals surface area contributed by atoms with Crippen LogP contribution >= 0.6 is 15.9 Å². The maximum Gasteiger partial charge on any atom is 0.339 e. The van der Waals surface area contributed by atoms with Crippen LogP contribution in [0.4, 0.5) is 0 Å². The second-order valence-electron chi connectivity index (χ2n) is 6.39. The largest absolute Gasteiger partial charge is 0.454 e. The molecular weight excluding hydrogens is 394 g/mol. The van der Waals surface area contributed by atoms with Gasteiger partial charge in [0.05, 0.1) is 11.1 Å². The Kier molecular flexibility index (Phi) is 4.55. The Morgan fingerprint density at radius 1 is 1.08 bits per heavy atom. The summed E-state index contributed by atoms with van der Waals surface area (Å²) in [6.45, 7) is -0.282. The van der Waals surface area contributed by atoms with Gasteiger partial charge in [-0.25, -0.2) is 4.79 Å². The molecule has 4 nitrogen and oxygen atoms in total. The van der Waals surface area contributed by atoms with Crippen molar-refractivity contribution in [1.82, 2.24) is 4.98 Å². The van der Waals surface area contributed by atoms with E-state index in [0.29, 0.717) is 17.0 Å². The maximum atomic E-state index is 12.6. The van der Waals surface area contributed by atoms with Gasteiger partial charge in [-0.05, 0) is 37.1 Å². The number of hydrogen-bond donors (Lipinski definition) is 0. The maximum absolute atomic E-state index is 12.6. The number of carbonyl (C=O) groups excluding carboxylic acids is 2. The smallest absolute Gasteiger partial charge is 0.339 e. The Bertz CT molecular complexity index is 994. The first-order valence-electron chi connectivity index (χ1n) is 8.47. The van der Waals surface area contributed by atoms with Crippen LogP contribution in [-0.4, -0.2) is 23.3 Å². The predicted octanol–water partition coefficient (Wildman–Crippen LogP) is 4.91. The van der Waals surface area contributed by atoms with Crippen molar-refractivity contribution in [3.05, 3.63) is 75.9 Å². The van der Waals surface area contributed by atoms with Crippen LogP contribution in [0.5, 0.6) is 0 Å². The van der Waals surface area contributed by atoms with Crippen molar-refractivity contribution in [3.8, 4) is 0 Å². The van der Waals surface area contributed by atoms with Crippen molar-refractivity contribution in [3.63, 3.8) is 0 Å². The third-order valence-corrected chi connectivity index (χ3v) is 4.98. The Balaban J connectivity index is 1.56. The second-order valence-corrected chi connectivity index (χ2v) is 7.31. The molecule has 1 saturated carbocycles. The van der Waals surface area contributed by atoms with Crippen LogP contribution in [-0.2, 0) is 4.74 Å². The lowest BCUT2D eigenvalue weighted by molar-refractivity contribution is 0.0476. The van der Waals surface area contributed by atoms with Crippen molar-refractivity contribution < 1.29 is 14.3 Å². The van der Waals surface area contributed by atoms with Gasteiger partial charge in [0.15, 0.2) is 12.4 Å². The van der Waals surface area contributed by atoms with Gasteiger partial charge in [0.2, 0.25) is 0 Å². The van der Waals surface area contributed by atoms with Gasteiger partial charge in [-0.2, -0.15) is 0 Å². The van der Waals surface area contributed by atoms with Gasteiger partial charge in [-0.1, -0.05) is 46.3 Å². The predicted molar refractivity (Wildman–Crippen MR) is 102 cm³/mol. The zero-order valence-electron chi connectivity index (χ0n) is 13.9. The zero-order valence-corrected chi connectivity index (χ0v) is 15.5. The van der Waals surface area contributed by atoms with Gasteiger partial charge in [0, 0.05) is 27.0 Å². The van der Waals surface area contributed by atoms with E-state index in [1.807, 2.05) is 30.3 Å². The average Bonchev–Trinajstić information content (AvgIpc) is 3.51. The number of Topliss-reactive ketones (excluding diaryl/α,β-unsaturated/α-hetero) is 1. The van der Waals surface area contributed by atoms with E-state index in [-0.39, 0.29) is 12.4 Å². The molecule has 1 aromatic heterocycles. The fraction of sp³-hybridized carbons (Fsp3) is 0.190. The molecular formula is C21H16BrNO3. The first-order valence-corrected chi connectivity index (χ1v) is 9.27. The number of rotatable bonds is 5. The Morgan fingerprint density at radius 3 is 2.54 bits per heavy atom. The quantitative estimate of drug-likeness (QED) is 0.443. The topological polar surface area (TPSA) is 56.3 Å². The fourth-order valence-corrected chi connectivity index (χ4v) is 3.15. The number of aromatic nitrogens is 1. The van der Waals surface area contributed by atoms with Crippen LogP contribution in [0.1, 0.15) is 45.2 Å². The van der Waals surface area contributed by atoms with Crippen LogP contribution < -0.4 is 0 Å². The monoisotopic (exact) mass is 409 g/mol. The van der Waals surface area contributed by atoms with E-state index in [1.54, 1.807) is 24.3 Å². The molecule has 0 bridgehead atoms. The van der Waals surface area contributed by atoms with Crippen molar-refractivity contribution in [1.29, 1.82) is 0 Å². The SMILES string of the molecule is O=C(COC(=O)c1cc(C2CC2)nc2ccccc12)c1ccc(Br)cc1. The highest BCUT2D eigenvalue weighted by molar-refractivity contribution is 9.10. The van der Waals surface area contributed by atoms with E-state index in [1.165, 1.54) is 0 Å². The minimum atomic E-state index is -0.490. The van der Waals surface area contributed by atoms with E-state index in [0.717, 1.165) is 33.9 Å². The van der Waals surface area contributed by atoms with Crippen LogP contribution in [0.2, 0.25) is 0 Å². The third kappa shape index (κ3) is 3.53. The van der Waals surface area contributed by atoms with E-state index < -0.39 is 5.97 Å². The molecule has 4 rings (SSSR count). The summed E-state index contributed by atoms with van der Waals surface area (Å²) >= 11 is 3.33. The summed E-state index contributed by atoms with van der Waals surface area (Å²) in [5.74, 6) is -0.293. The highest BCUT2D eigenvalue weighted by Crippen LogP contribution is 2.40. The number of ether oxygens (including phenoxy) is 1. The number of pyridine rings is 1. The summed E-state index contributed by atoms with van der Waals surface area (Å²) in [6, 6.07) is 16.3. The van der Waals surface area contributed by atoms with Crippen LogP contribution in [0.3, 0.4) is 0 Å². The number of para-hydroxylation sites is 1. The number of fused-ring (bicyclic) bond motifs is 1. The minimum Gasteiger partial charge on any atom is -0.454 e. The Morgan fingerprint density at radius 2 is 1.81 bits per heavy atom. The standard InChI is InChI=1S/C21H16BrNO3/c22-15-9-7-14(8-10-15)20(24)12-26-21(25)17-11-19(13-5-6-13)23-18-4-2-1-3-16(17)18/h1-4,7-11,13H,5-6,12H2. The number of ketones is 1. The van der Waals surface area contributed by atoms with Gasteiger partial charge in [-0.15, -0.1) is 0 Å². The first kappa shape index (κ1) is 16.9. The van der Waals surface area contributed by atoms with Gasteiger partial charge >= 0.3 is 5.97 Å². The average molecular weight is 410 g/mol. The lowest BCUT2D eigenvalue weighted by Crippen LogP contribution is -2.15. The second kappa shape index (κ2) is 7.00. The van der Waals surface area contributed by atoms with Crippen LogP contribution in [0, 0.1) is 0 Å². The molecule has 5 heteroatoms. The molecule has 0 unspecified atom stereocenters. The summed E-state index contributed by atoms with van der Waals surface area (Å²) in [5.41, 5.74) is 2.69. The number of hydrogen-bond acceptors (Lipinski definition) is 4. The number of nitrogens with zero attached hydrogens (tertiary/aromatic N) is 1. The number of esters is 1. The van der Waals surface area contributed by atoms with E-state index in [9.17, 15) is 9.59 Å². The summed E-state index contributed by atoms with van der Waals surface area (Å²) in [5, 5.41) is 0.748. The molecule has 26 heavy (non-hydrogen) atoms. The molecule has 1 aliphatic carbocycles. The lowest BCUT2D eigenvalue weighted by Gasteiger charge is -2.09. The van der Waals surface area contributed by atoms with Gasteiger partial charge in [-0.3, -0.25) is 9.78 Å². The molecule has 2 aromatic carbocycles. The summed E-state index contributed by atoms with van der Waals surface area (Å²) < 4.78 is 6.20. The molecule has 1 heterocycles. The third-order valence-electron chi connectivity index (χ3n) is 4.45. The first-order chi connectivity index (χ1) is 12.6. The molecule has 0 N–H and O–H groups in total. The van der Waals surface area contributed by atoms with Gasteiger partial charge < -0.3 is 4.74 Å². The molecule has 0 saturated heterocycles. The molecule has 0 atom stereocenters. The van der Waals surface area contributed by atoms with Crippen molar-refractivity contribution >= 4 is 38.6 Å².